The number of carbonyl (C=O) groups is 1. The summed E-state index contributed by atoms with van der Waals surface area (Å²) in [6.45, 7) is 5.92. The van der Waals surface area contributed by atoms with Crippen LogP contribution in [0.2, 0.25) is 0 Å². The van der Waals surface area contributed by atoms with Gasteiger partial charge in [0.05, 0.1) is 0 Å². The molecule has 0 atom stereocenters. The van der Waals surface area contributed by atoms with E-state index in [1.165, 1.54) is 6.92 Å². The molecule has 0 saturated carbocycles. The van der Waals surface area contributed by atoms with Crippen molar-refractivity contribution in [3.8, 4) is 17.2 Å². The lowest BCUT2D eigenvalue weighted by atomic mass is 10.0. The largest absolute Gasteiger partial charge is 0.457 e. The Morgan fingerprint density at radius 2 is 2.05 bits per heavy atom. The third-order valence-corrected chi connectivity index (χ3v) is 2.92. The normalized spacial score (nSPS) is 15.4. The lowest BCUT2D eigenvalue weighted by Gasteiger charge is -2.20. The monoisotopic (exact) mass is 259 g/mol. The van der Waals surface area contributed by atoms with Crippen LogP contribution in [0.15, 0.2) is 30.5 Å². The van der Waals surface area contributed by atoms with E-state index >= 15 is 0 Å². The summed E-state index contributed by atoms with van der Waals surface area (Å²) in [5.41, 5.74) is 1.81. The van der Waals surface area contributed by atoms with E-state index in [0.29, 0.717) is 29.6 Å². The average molecular weight is 259 g/mol. The van der Waals surface area contributed by atoms with Gasteiger partial charge < -0.3 is 19.5 Å². The maximum Gasteiger partial charge on any atom is 0.231 e. The number of rotatable bonds is 2. The Morgan fingerprint density at radius 1 is 1.32 bits per heavy atom. The summed E-state index contributed by atoms with van der Waals surface area (Å²) in [7, 11) is 0. The Hall–Kier alpha value is -2.43. The molecule has 0 saturated heterocycles. The Balaban J connectivity index is 1.98. The molecule has 0 spiro atoms. The van der Waals surface area contributed by atoms with Gasteiger partial charge in [-0.2, -0.15) is 0 Å². The van der Waals surface area contributed by atoms with Gasteiger partial charge >= 0.3 is 0 Å². The zero-order valence-electron chi connectivity index (χ0n) is 10.5. The van der Waals surface area contributed by atoms with Gasteiger partial charge in [0.1, 0.15) is 11.5 Å². The first-order chi connectivity index (χ1) is 9.13. The minimum absolute atomic E-state index is 0.0831. The van der Waals surface area contributed by atoms with E-state index in [0.717, 1.165) is 11.1 Å². The van der Waals surface area contributed by atoms with Crippen LogP contribution in [0.3, 0.4) is 0 Å². The molecule has 0 aromatic heterocycles. The van der Waals surface area contributed by atoms with E-state index < -0.39 is 0 Å². The molecule has 2 aliphatic rings. The van der Waals surface area contributed by atoms with E-state index in [4.69, 9.17) is 14.2 Å². The first kappa shape index (κ1) is 11.6. The minimum atomic E-state index is -0.0831. The van der Waals surface area contributed by atoms with Crippen LogP contribution in [-0.4, -0.2) is 19.2 Å². The van der Waals surface area contributed by atoms with Crippen molar-refractivity contribution in [2.24, 2.45) is 0 Å². The molecule has 0 fully saturated rings. The zero-order chi connectivity index (χ0) is 13.4. The van der Waals surface area contributed by atoms with Crippen LogP contribution in [0.25, 0.3) is 5.57 Å². The van der Waals surface area contributed by atoms with Crippen LogP contribution >= 0.6 is 0 Å². The Kier molecular flexibility index (Phi) is 2.67. The van der Waals surface area contributed by atoms with E-state index in [1.54, 1.807) is 12.1 Å². The van der Waals surface area contributed by atoms with Crippen molar-refractivity contribution < 1.29 is 19.0 Å². The fourth-order valence-electron chi connectivity index (χ4n) is 2.07. The second kappa shape index (κ2) is 4.35. The number of ether oxygens (including phenoxy) is 3. The molecule has 5 nitrogen and oxygen atoms in total. The van der Waals surface area contributed by atoms with Crippen molar-refractivity contribution in [3.05, 3.63) is 36.1 Å². The fourth-order valence-corrected chi connectivity index (χ4v) is 2.07. The summed E-state index contributed by atoms with van der Waals surface area (Å²) in [4.78, 5) is 11.0. The van der Waals surface area contributed by atoms with Gasteiger partial charge in [0.15, 0.2) is 11.5 Å². The lowest BCUT2D eigenvalue weighted by Crippen LogP contribution is -2.23. The molecule has 19 heavy (non-hydrogen) atoms. The Morgan fingerprint density at radius 3 is 2.79 bits per heavy atom. The molecule has 1 N–H and O–H groups in total. The summed E-state index contributed by atoms with van der Waals surface area (Å²) in [5, 5.41) is 2.77. The molecule has 1 aromatic rings. The minimum Gasteiger partial charge on any atom is -0.457 e. The van der Waals surface area contributed by atoms with Gasteiger partial charge in [-0.1, -0.05) is 6.58 Å². The van der Waals surface area contributed by atoms with E-state index in [1.807, 2.05) is 6.07 Å². The Labute approximate surface area is 110 Å². The number of benzene rings is 1. The number of fused-ring (bicyclic) bond motifs is 2. The third kappa shape index (κ3) is 2.14. The van der Waals surface area contributed by atoms with Gasteiger partial charge in [-0.3, -0.25) is 4.79 Å². The first-order valence-electron chi connectivity index (χ1n) is 5.89. The molecule has 0 radical (unpaired) electrons. The summed E-state index contributed by atoms with van der Waals surface area (Å²) >= 11 is 0. The summed E-state index contributed by atoms with van der Waals surface area (Å²) in [6.07, 6.45) is 1.81. The fraction of sp³-hybridized carbons (Fsp3) is 0.214. The number of allylic oxidation sites excluding steroid dienone is 1. The highest BCUT2D eigenvalue weighted by molar-refractivity contribution is 5.81. The van der Waals surface area contributed by atoms with E-state index in [-0.39, 0.29) is 12.7 Å². The van der Waals surface area contributed by atoms with Crippen molar-refractivity contribution in [2.75, 3.05) is 13.3 Å². The van der Waals surface area contributed by atoms with Gasteiger partial charge in [0, 0.05) is 25.1 Å². The summed E-state index contributed by atoms with van der Waals surface area (Å²) < 4.78 is 16.2. The third-order valence-electron chi connectivity index (χ3n) is 2.92. The number of hydrogen-bond acceptors (Lipinski definition) is 4. The molecule has 1 amide bonds. The maximum absolute atomic E-state index is 11.0. The molecule has 2 heterocycles. The number of hydrogen-bond donors (Lipinski definition) is 1. The summed E-state index contributed by atoms with van der Waals surface area (Å²) in [5.74, 6) is 2.46. The van der Waals surface area contributed by atoms with Crippen molar-refractivity contribution in [3.63, 3.8) is 0 Å². The van der Waals surface area contributed by atoms with Crippen LogP contribution in [0.1, 0.15) is 12.5 Å². The molecule has 3 rings (SSSR count). The van der Waals surface area contributed by atoms with Gasteiger partial charge in [0.25, 0.3) is 0 Å². The smallest absolute Gasteiger partial charge is 0.231 e. The highest BCUT2D eigenvalue weighted by Gasteiger charge is 2.23. The molecule has 2 aliphatic heterocycles. The van der Waals surface area contributed by atoms with Crippen LogP contribution in [-0.2, 0) is 4.79 Å². The molecular weight excluding hydrogens is 246 g/mol. The van der Waals surface area contributed by atoms with E-state index in [2.05, 4.69) is 11.9 Å². The molecule has 5 heteroatoms. The highest BCUT2D eigenvalue weighted by Crippen LogP contribution is 2.43. The Bertz CT molecular complexity index is 604. The van der Waals surface area contributed by atoms with Crippen LogP contribution < -0.4 is 19.5 Å². The van der Waals surface area contributed by atoms with Gasteiger partial charge in [-0.15, -0.1) is 0 Å². The van der Waals surface area contributed by atoms with Gasteiger partial charge in [0.2, 0.25) is 12.7 Å². The quantitative estimate of drug-likeness (QED) is 0.880. The van der Waals surface area contributed by atoms with Crippen LogP contribution in [0.4, 0.5) is 0 Å². The van der Waals surface area contributed by atoms with Crippen molar-refractivity contribution in [2.45, 2.75) is 6.92 Å². The topological polar surface area (TPSA) is 56.8 Å². The van der Waals surface area contributed by atoms with Crippen molar-refractivity contribution in [1.82, 2.24) is 5.32 Å². The maximum atomic E-state index is 11.0. The molecule has 0 bridgehead atoms. The number of carbonyl (C=O) groups excluding carboxylic acids is 1. The highest BCUT2D eigenvalue weighted by atomic mass is 16.7. The lowest BCUT2D eigenvalue weighted by molar-refractivity contribution is -0.118. The molecule has 0 aliphatic carbocycles. The average Bonchev–Trinajstić information content (AvgIpc) is 2.80. The molecule has 0 unspecified atom stereocenters. The molecule has 1 aromatic carbocycles. The second-order valence-electron chi connectivity index (χ2n) is 4.35. The van der Waals surface area contributed by atoms with Crippen LogP contribution in [0.5, 0.6) is 17.2 Å². The standard InChI is InChI=1S/C14H13NO4/c1-8-3-10(6-15-9(2)16)11-4-13-14(18-7-17-13)5-12(11)19-8/h3-5H,1,6-7H2,2H3,(H,15,16). The van der Waals surface area contributed by atoms with Gasteiger partial charge in [-0.05, 0) is 17.7 Å². The zero-order valence-corrected chi connectivity index (χ0v) is 10.5. The predicted octanol–water partition coefficient (Wildman–Crippen LogP) is 1.84. The number of amides is 1. The predicted molar refractivity (Wildman–Crippen MR) is 69.0 cm³/mol. The SMILES string of the molecule is C=C1C=C(CNC(C)=O)c2cc3c(cc2O1)OCO3. The van der Waals surface area contributed by atoms with Crippen LogP contribution in [0, 0.1) is 0 Å². The second-order valence-corrected chi connectivity index (χ2v) is 4.35. The van der Waals surface area contributed by atoms with E-state index in [9.17, 15) is 4.79 Å². The molecule has 98 valence electrons. The first-order valence-corrected chi connectivity index (χ1v) is 5.89. The summed E-state index contributed by atoms with van der Waals surface area (Å²) in [6, 6.07) is 3.64. The molecular formula is C14H13NO4. The van der Waals surface area contributed by atoms with Gasteiger partial charge in [-0.25, -0.2) is 0 Å². The number of nitrogens with one attached hydrogen (secondary N) is 1. The van der Waals surface area contributed by atoms with Crippen molar-refractivity contribution in [1.29, 1.82) is 0 Å². The van der Waals surface area contributed by atoms with Crippen molar-refractivity contribution >= 4 is 11.5 Å².